The van der Waals surface area contributed by atoms with E-state index < -0.39 is 0 Å². The van der Waals surface area contributed by atoms with Crippen LogP contribution in [0.15, 0.2) is 24.5 Å². The molecule has 1 heterocycles. The molecule has 1 atom stereocenters. The van der Waals surface area contributed by atoms with Crippen LogP contribution in [0.5, 0.6) is 0 Å². The van der Waals surface area contributed by atoms with E-state index in [-0.39, 0.29) is 17.9 Å². The molecule has 0 bridgehead atoms. The number of hydrogen-bond acceptors (Lipinski definition) is 3. The quantitative estimate of drug-likeness (QED) is 0.705. The number of pyridine rings is 1. The van der Waals surface area contributed by atoms with E-state index in [2.05, 4.69) is 15.6 Å². The van der Waals surface area contributed by atoms with Crippen molar-refractivity contribution >= 4 is 17.6 Å². The van der Waals surface area contributed by atoms with Crippen molar-refractivity contribution < 1.29 is 9.59 Å². The fraction of sp³-hybridized carbons (Fsp3) is 0.417. The number of aromatic nitrogens is 1. The van der Waals surface area contributed by atoms with Crippen LogP contribution in [-0.4, -0.2) is 23.5 Å². The summed E-state index contributed by atoms with van der Waals surface area (Å²) in [5, 5.41) is 5.39. The maximum Gasteiger partial charge on any atom is 0.319 e. The summed E-state index contributed by atoms with van der Waals surface area (Å²) in [5.41, 5.74) is 5.77. The highest BCUT2D eigenvalue weighted by Gasteiger charge is 2.07. The smallest absolute Gasteiger partial charge is 0.319 e. The van der Waals surface area contributed by atoms with Crippen molar-refractivity contribution in [3.8, 4) is 0 Å². The number of carbonyl (C=O) groups excluding carboxylic acids is 2. The summed E-state index contributed by atoms with van der Waals surface area (Å²) < 4.78 is 0. The van der Waals surface area contributed by atoms with Gasteiger partial charge in [0.1, 0.15) is 0 Å². The van der Waals surface area contributed by atoms with Gasteiger partial charge in [0.25, 0.3) is 0 Å². The fourth-order valence-electron chi connectivity index (χ4n) is 1.49. The number of nitrogens with zero attached hydrogens (tertiary/aromatic N) is 1. The van der Waals surface area contributed by atoms with Gasteiger partial charge in [0.05, 0.1) is 0 Å². The zero-order chi connectivity index (χ0) is 13.4. The summed E-state index contributed by atoms with van der Waals surface area (Å²) in [6, 6.07) is 3.14. The lowest BCUT2D eigenvalue weighted by Gasteiger charge is -2.10. The number of nitrogens with one attached hydrogen (secondary N) is 2. The molecular weight excluding hydrogens is 232 g/mol. The van der Waals surface area contributed by atoms with E-state index in [1.165, 1.54) is 0 Å². The monoisotopic (exact) mass is 250 g/mol. The van der Waals surface area contributed by atoms with Gasteiger partial charge in [-0.3, -0.25) is 9.78 Å². The minimum Gasteiger partial charge on any atom is -0.370 e. The number of urea groups is 1. The number of primary amides is 1. The number of rotatable bonds is 6. The van der Waals surface area contributed by atoms with Crippen molar-refractivity contribution in [1.82, 2.24) is 10.3 Å². The van der Waals surface area contributed by atoms with E-state index in [0.717, 1.165) is 0 Å². The Labute approximate surface area is 106 Å². The second-order valence-corrected chi connectivity index (χ2v) is 4.18. The summed E-state index contributed by atoms with van der Waals surface area (Å²) in [6.07, 6.45) is 4.26. The van der Waals surface area contributed by atoms with E-state index in [4.69, 9.17) is 5.73 Å². The fourth-order valence-corrected chi connectivity index (χ4v) is 1.49. The topological polar surface area (TPSA) is 97.1 Å². The number of nitrogens with two attached hydrogens (primary N) is 1. The molecular formula is C12H18N4O2. The molecule has 1 aromatic heterocycles. The predicted octanol–water partition coefficient (Wildman–Crippen LogP) is 1.10. The number of amides is 3. The van der Waals surface area contributed by atoms with Gasteiger partial charge < -0.3 is 16.4 Å². The Morgan fingerprint density at radius 3 is 2.67 bits per heavy atom. The minimum atomic E-state index is -0.316. The molecule has 0 fully saturated rings. The van der Waals surface area contributed by atoms with E-state index in [1.807, 2.05) is 6.92 Å². The van der Waals surface area contributed by atoms with E-state index in [1.54, 1.807) is 24.5 Å². The third-order valence-corrected chi connectivity index (χ3v) is 2.41. The van der Waals surface area contributed by atoms with E-state index in [9.17, 15) is 9.59 Å². The molecule has 0 saturated heterocycles. The first kappa shape index (κ1) is 14.0. The van der Waals surface area contributed by atoms with Crippen molar-refractivity contribution in [3.63, 3.8) is 0 Å². The second-order valence-electron chi connectivity index (χ2n) is 4.18. The third-order valence-electron chi connectivity index (χ3n) is 2.41. The first-order valence-corrected chi connectivity index (χ1v) is 5.81. The normalized spacial score (nSPS) is 11.6. The Balaban J connectivity index is 2.20. The van der Waals surface area contributed by atoms with Crippen LogP contribution in [0.4, 0.5) is 10.5 Å². The van der Waals surface area contributed by atoms with Crippen LogP contribution in [0.1, 0.15) is 19.8 Å². The SMILES string of the molecule is C[C@@H](CCNC(=O)Nc1ccncc1)CC(N)=O. The first-order chi connectivity index (χ1) is 8.58. The van der Waals surface area contributed by atoms with Crippen LogP contribution in [0, 0.1) is 5.92 Å². The highest BCUT2D eigenvalue weighted by atomic mass is 16.2. The molecule has 0 spiro atoms. The van der Waals surface area contributed by atoms with Crippen molar-refractivity contribution in [1.29, 1.82) is 0 Å². The number of anilines is 1. The van der Waals surface area contributed by atoms with Crippen molar-refractivity contribution in [2.45, 2.75) is 19.8 Å². The van der Waals surface area contributed by atoms with Gasteiger partial charge in [0, 0.05) is 31.0 Å². The van der Waals surface area contributed by atoms with Gasteiger partial charge in [-0.1, -0.05) is 6.92 Å². The zero-order valence-corrected chi connectivity index (χ0v) is 10.3. The molecule has 0 aliphatic heterocycles. The standard InChI is InChI=1S/C12H18N4O2/c1-9(8-11(13)17)2-7-15-12(18)16-10-3-5-14-6-4-10/h3-6,9H,2,7-8H2,1H3,(H2,13,17)(H2,14,15,16,18)/t9-/m0/s1. The largest absolute Gasteiger partial charge is 0.370 e. The van der Waals surface area contributed by atoms with Crippen molar-refractivity contribution in [2.75, 3.05) is 11.9 Å². The maximum absolute atomic E-state index is 11.5. The molecule has 0 aliphatic carbocycles. The van der Waals surface area contributed by atoms with E-state index in [0.29, 0.717) is 25.1 Å². The molecule has 3 amide bonds. The molecule has 0 aliphatic rings. The molecule has 4 N–H and O–H groups in total. The zero-order valence-electron chi connectivity index (χ0n) is 10.3. The molecule has 0 unspecified atom stereocenters. The number of hydrogen-bond donors (Lipinski definition) is 3. The second kappa shape index (κ2) is 7.26. The molecule has 6 nitrogen and oxygen atoms in total. The Bertz CT molecular complexity index is 394. The molecule has 18 heavy (non-hydrogen) atoms. The van der Waals surface area contributed by atoms with Gasteiger partial charge in [-0.2, -0.15) is 0 Å². The average Bonchev–Trinajstić information content (AvgIpc) is 2.29. The van der Waals surface area contributed by atoms with E-state index >= 15 is 0 Å². The summed E-state index contributed by atoms with van der Waals surface area (Å²) in [7, 11) is 0. The molecule has 0 radical (unpaired) electrons. The average molecular weight is 250 g/mol. The summed E-state index contributed by atoms with van der Waals surface area (Å²) in [6.45, 7) is 2.43. The van der Waals surface area contributed by atoms with Gasteiger partial charge in [-0.25, -0.2) is 4.79 Å². The lowest BCUT2D eigenvalue weighted by Crippen LogP contribution is -2.30. The van der Waals surface area contributed by atoms with Crippen LogP contribution >= 0.6 is 0 Å². The van der Waals surface area contributed by atoms with Gasteiger partial charge >= 0.3 is 6.03 Å². The lowest BCUT2D eigenvalue weighted by atomic mass is 10.0. The molecule has 6 heteroatoms. The molecule has 98 valence electrons. The van der Waals surface area contributed by atoms with Crippen LogP contribution in [0.2, 0.25) is 0 Å². The van der Waals surface area contributed by atoms with Crippen LogP contribution < -0.4 is 16.4 Å². The Morgan fingerprint density at radius 2 is 2.06 bits per heavy atom. The molecule has 0 aromatic carbocycles. The highest BCUT2D eigenvalue weighted by Crippen LogP contribution is 2.05. The van der Waals surface area contributed by atoms with Crippen molar-refractivity contribution in [3.05, 3.63) is 24.5 Å². The van der Waals surface area contributed by atoms with Gasteiger partial charge in [-0.15, -0.1) is 0 Å². The van der Waals surface area contributed by atoms with Gasteiger partial charge in [-0.05, 0) is 24.5 Å². The third kappa shape index (κ3) is 5.83. The van der Waals surface area contributed by atoms with Crippen LogP contribution in [-0.2, 0) is 4.79 Å². The number of carbonyl (C=O) groups is 2. The molecule has 0 saturated carbocycles. The summed E-state index contributed by atoms with van der Waals surface area (Å²) >= 11 is 0. The summed E-state index contributed by atoms with van der Waals surface area (Å²) in [4.78, 5) is 26.0. The van der Waals surface area contributed by atoms with Crippen LogP contribution in [0.3, 0.4) is 0 Å². The van der Waals surface area contributed by atoms with Crippen molar-refractivity contribution in [2.24, 2.45) is 11.7 Å². The Morgan fingerprint density at radius 1 is 1.39 bits per heavy atom. The Hall–Kier alpha value is -2.11. The van der Waals surface area contributed by atoms with Crippen LogP contribution in [0.25, 0.3) is 0 Å². The van der Waals surface area contributed by atoms with Gasteiger partial charge in [0.15, 0.2) is 0 Å². The Kier molecular flexibility index (Phi) is 5.63. The van der Waals surface area contributed by atoms with Gasteiger partial charge in [0.2, 0.25) is 5.91 Å². The molecule has 1 aromatic rings. The lowest BCUT2D eigenvalue weighted by molar-refractivity contribution is -0.118. The maximum atomic E-state index is 11.5. The first-order valence-electron chi connectivity index (χ1n) is 5.81. The highest BCUT2D eigenvalue weighted by molar-refractivity contribution is 5.89. The minimum absolute atomic E-state index is 0.170. The summed E-state index contributed by atoms with van der Waals surface area (Å²) in [5.74, 6) is -0.146. The predicted molar refractivity (Wildman–Crippen MR) is 68.9 cm³/mol. The molecule has 1 rings (SSSR count).